The Hall–Kier alpha value is -2.81. The van der Waals surface area contributed by atoms with Crippen LogP contribution in [0.4, 0.5) is 5.69 Å². The fraction of sp³-hybridized carbons (Fsp3) is 0.304. The van der Waals surface area contributed by atoms with Crippen LogP contribution in [-0.4, -0.2) is 41.8 Å². The summed E-state index contributed by atoms with van der Waals surface area (Å²) >= 11 is 6.38. The highest BCUT2D eigenvalue weighted by Gasteiger charge is 2.10. The van der Waals surface area contributed by atoms with Crippen molar-refractivity contribution in [2.45, 2.75) is 19.3 Å². The Kier molecular flexibility index (Phi) is 7.29. The normalized spacial score (nSPS) is 11.0. The van der Waals surface area contributed by atoms with Crippen molar-refractivity contribution in [3.05, 3.63) is 57.8 Å². The van der Waals surface area contributed by atoms with Gasteiger partial charge >= 0.3 is 0 Å². The number of nitrogens with zero attached hydrogens (tertiary/aromatic N) is 2. The summed E-state index contributed by atoms with van der Waals surface area (Å²) in [5.41, 5.74) is 2.31. The molecule has 0 aliphatic heterocycles. The van der Waals surface area contributed by atoms with Crippen molar-refractivity contribution >= 4 is 28.1 Å². The van der Waals surface area contributed by atoms with E-state index in [0.717, 1.165) is 54.7 Å². The van der Waals surface area contributed by atoms with E-state index in [1.54, 1.807) is 6.07 Å². The van der Waals surface area contributed by atoms with Crippen molar-refractivity contribution < 1.29 is 0 Å². The van der Waals surface area contributed by atoms with E-state index in [0.29, 0.717) is 17.0 Å². The number of unbranched alkanes of at least 4 members (excludes halogenated alkanes) is 2. The summed E-state index contributed by atoms with van der Waals surface area (Å²) in [5.74, 6) is 2.65. The Morgan fingerprint density at radius 3 is 2.76 bits per heavy atom. The summed E-state index contributed by atoms with van der Waals surface area (Å²) in [7, 11) is 2.04. The van der Waals surface area contributed by atoms with Gasteiger partial charge in [-0.3, -0.25) is 9.69 Å². The number of halogens is 1. The lowest BCUT2D eigenvalue weighted by molar-refractivity contribution is 0.363. The van der Waals surface area contributed by atoms with E-state index < -0.39 is 0 Å². The summed E-state index contributed by atoms with van der Waals surface area (Å²) in [5, 5.41) is 12.4. The number of hydrogen-bond donors (Lipinski definition) is 2. The van der Waals surface area contributed by atoms with Gasteiger partial charge in [-0.15, -0.1) is 6.42 Å². The highest BCUT2D eigenvalue weighted by Crippen LogP contribution is 2.30. The van der Waals surface area contributed by atoms with E-state index in [9.17, 15) is 4.79 Å². The van der Waals surface area contributed by atoms with E-state index in [-0.39, 0.29) is 5.56 Å². The molecule has 29 heavy (non-hydrogen) atoms. The van der Waals surface area contributed by atoms with Crippen LogP contribution in [0.1, 0.15) is 19.3 Å². The zero-order valence-electron chi connectivity index (χ0n) is 16.5. The van der Waals surface area contributed by atoms with Crippen molar-refractivity contribution in [3.63, 3.8) is 0 Å². The van der Waals surface area contributed by atoms with Crippen LogP contribution in [0, 0.1) is 12.3 Å². The van der Waals surface area contributed by atoms with Crippen LogP contribution in [0.5, 0.6) is 0 Å². The maximum atomic E-state index is 12.0. The summed E-state index contributed by atoms with van der Waals surface area (Å²) in [4.78, 5) is 14.2. The van der Waals surface area contributed by atoms with Crippen LogP contribution in [0.25, 0.3) is 22.0 Å². The number of benzene rings is 2. The Morgan fingerprint density at radius 1 is 1.17 bits per heavy atom. The van der Waals surface area contributed by atoms with E-state index >= 15 is 0 Å². The van der Waals surface area contributed by atoms with Gasteiger partial charge in [0.25, 0.3) is 5.56 Å². The lowest BCUT2D eigenvalue weighted by atomic mass is 10.0. The summed E-state index contributed by atoms with van der Waals surface area (Å²) < 4.78 is 0. The third-order valence-corrected chi connectivity index (χ3v) is 5.16. The quantitative estimate of drug-likeness (QED) is 0.407. The van der Waals surface area contributed by atoms with Crippen molar-refractivity contribution in [1.82, 2.24) is 15.1 Å². The summed E-state index contributed by atoms with van der Waals surface area (Å²) in [6.45, 7) is 2.53. The Bertz CT molecular complexity index is 1070. The Balaban J connectivity index is 1.66. The SMILES string of the molecule is C#CCN(C)CCCCCNc1cc(-c2n[nH]c(=O)c3ccccc23)ccc1Cl. The first-order valence-corrected chi connectivity index (χ1v) is 10.1. The van der Waals surface area contributed by atoms with Gasteiger partial charge in [-0.1, -0.05) is 48.2 Å². The molecule has 3 rings (SSSR count). The van der Waals surface area contributed by atoms with Crippen molar-refractivity contribution in [3.8, 4) is 23.6 Å². The molecule has 0 aliphatic carbocycles. The van der Waals surface area contributed by atoms with Crippen LogP contribution < -0.4 is 10.9 Å². The van der Waals surface area contributed by atoms with Crippen LogP contribution in [-0.2, 0) is 0 Å². The average Bonchev–Trinajstić information content (AvgIpc) is 2.73. The maximum Gasteiger partial charge on any atom is 0.272 e. The summed E-state index contributed by atoms with van der Waals surface area (Å²) in [6.07, 6.45) is 8.59. The van der Waals surface area contributed by atoms with Crippen molar-refractivity contribution in [2.75, 3.05) is 32.0 Å². The molecule has 0 bridgehead atoms. The van der Waals surface area contributed by atoms with Crippen LogP contribution in [0.3, 0.4) is 0 Å². The molecule has 1 aromatic heterocycles. The number of nitrogens with one attached hydrogen (secondary N) is 2. The number of terminal acetylenes is 1. The molecular weight excluding hydrogens is 384 g/mol. The van der Waals surface area contributed by atoms with Gasteiger partial charge in [0, 0.05) is 17.5 Å². The van der Waals surface area contributed by atoms with Crippen LogP contribution in [0.2, 0.25) is 5.02 Å². The topological polar surface area (TPSA) is 61.0 Å². The molecule has 0 amide bonds. The first-order chi connectivity index (χ1) is 14.1. The molecule has 0 atom stereocenters. The highest BCUT2D eigenvalue weighted by atomic mass is 35.5. The van der Waals surface area contributed by atoms with E-state index in [1.807, 2.05) is 43.4 Å². The number of anilines is 1. The minimum absolute atomic E-state index is 0.190. The van der Waals surface area contributed by atoms with Gasteiger partial charge in [0.05, 0.1) is 28.3 Å². The van der Waals surface area contributed by atoms with Crippen molar-refractivity contribution in [2.24, 2.45) is 0 Å². The first kappa shape index (κ1) is 20.9. The minimum atomic E-state index is -0.190. The van der Waals surface area contributed by atoms with E-state index in [2.05, 4.69) is 26.3 Å². The van der Waals surface area contributed by atoms with Gasteiger partial charge < -0.3 is 5.32 Å². The first-order valence-electron chi connectivity index (χ1n) is 9.73. The second-order valence-electron chi connectivity index (χ2n) is 7.07. The molecule has 0 saturated heterocycles. The standard InChI is InChI=1S/C23H25ClN4O/c1-3-14-28(2)15-8-4-7-13-25-21-16-17(11-12-20(21)24)22-18-9-5-6-10-19(18)23(29)27-26-22/h1,5-6,9-12,16,25H,4,7-8,13-15H2,2H3,(H,27,29). The molecule has 5 nitrogen and oxygen atoms in total. The fourth-order valence-electron chi connectivity index (χ4n) is 3.28. The van der Waals surface area contributed by atoms with Gasteiger partial charge in [0.1, 0.15) is 0 Å². The maximum absolute atomic E-state index is 12.0. The molecule has 0 fully saturated rings. The predicted molar refractivity (Wildman–Crippen MR) is 121 cm³/mol. The second-order valence-corrected chi connectivity index (χ2v) is 7.48. The van der Waals surface area contributed by atoms with Crippen LogP contribution >= 0.6 is 11.6 Å². The number of H-pyrrole nitrogens is 1. The van der Waals surface area contributed by atoms with Gasteiger partial charge in [0.2, 0.25) is 0 Å². The third kappa shape index (κ3) is 5.38. The molecule has 150 valence electrons. The van der Waals surface area contributed by atoms with E-state index in [1.165, 1.54) is 0 Å². The smallest absolute Gasteiger partial charge is 0.272 e. The molecule has 3 aromatic rings. The summed E-state index contributed by atoms with van der Waals surface area (Å²) in [6, 6.07) is 13.2. The monoisotopic (exact) mass is 408 g/mol. The lowest BCUT2D eigenvalue weighted by Gasteiger charge is -2.13. The second kappa shape index (κ2) is 10.1. The largest absolute Gasteiger partial charge is 0.384 e. The molecule has 0 radical (unpaired) electrons. The van der Waals surface area contributed by atoms with Crippen molar-refractivity contribution in [1.29, 1.82) is 0 Å². The molecule has 0 unspecified atom stereocenters. The molecule has 0 aliphatic rings. The molecule has 0 spiro atoms. The molecule has 2 N–H and O–H groups in total. The Labute approximate surface area is 176 Å². The minimum Gasteiger partial charge on any atom is -0.384 e. The number of aromatic nitrogens is 2. The number of aromatic amines is 1. The van der Waals surface area contributed by atoms with E-state index in [4.69, 9.17) is 18.0 Å². The number of rotatable bonds is 9. The molecular formula is C23H25ClN4O. The number of hydrogen-bond acceptors (Lipinski definition) is 4. The van der Waals surface area contributed by atoms with Gasteiger partial charge in [-0.05, 0) is 44.6 Å². The number of fused-ring (bicyclic) bond motifs is 1. The molecule has 6 heteroatoms. The van der Waals surface area contributed by atoms with Gasteiger partial charge in [-0.25, -0.2) is 5.10 Å². The lowest BCUT2D eigenvalue weighted by Crippen LogP contribution is -2.19. The Morgan fingerprint density at radius 2 is 1.97 bits per heavy atom. The predicted octanol–water partition coefficient (Wildman–Crippen LogP) is 4.39. The average molecular weight is 409 g/mol. The molecule has 0 saturated carbocycles. The molecule has 1 heterocycles. The molecule has 2 aromatic carbocycles. The third-order valence-electron chi connectivity index (χ3n) is 4.83. The zero-order chi connectivity index (χ0) is 20.6. The van der Waals surface area contributed by atoms with Crippen LogP contribution in [0.15, 0.2) is 47.3 Å². The highest BCUT2D eigenvalue weighted by molar-refractivity contribution is 6.33. The van der Waals surface area contributed by atoms with Gasteiger partial charge in [-0.2, -0.15) is 5.10 Å². The van der Waals surface area contributed by atoms with Gasteiger partial charge in [0.15, 0.2) is 0 Å². The zero-order valence-corrected chi connectivity index (χ0v) is 17.3. The fourth-order valence-corrected chi connectivity index (χ4v) is 3.47.